The van der Waals surface area contributed by atoms with Crippen LogP contribution in [0.3, 0.4) is 0 Å². The molecule has 2 N–H and O–H groups in total. The average molecular weight is 474 g/mol. The van der Waals surface area contributed by atoms with Crippen LogP contribution in [0.2, 0.25) is 0 Å². The van der Waals surface area contributed by atoms with Crippen LogP contribution in [0.1, 0.15) is 29.2 Å². The number of imide groups is 1. The van der Waals surface area contributed by atoms with E-state index in [4.69, 9.17) is 4.74 Å². The van der Waals surface area contributed by atoms with E-state index in [2.05, 4.69) is 10.6 Å². The van der Waals surface area contributed by atoms with E-state index in [1.807, 2.05) is 44.2 Å². The number of benzene rings is 2. The largest absolute Gasteiger partial charge is 0.454 e. The maximum atomic E-state index is 12.7. The predicted octanol–water partition coefficient (Wildman–Crippen LogP) is 2.27. The smallest absolute Gasteiger partial charge is 0.325 e. The highest BCUT2D eigenvalue weighted by Gasteiger charge is 2.39. The fourth-order valence-corrected chi connectivity index (χ4v) is 4.75. The van der Waals surface area contributed by atoms with Gasteiger partial charge in [-0.05, 0) is 55.2 Å². The van der Waals surface area contributed by atoms with Gasteiger partial charge < -0.3 is 10.1 Å². The second kappa shape index (κ2) is 10.1. The summed E-state index contributed by atoms with van der Waals surface area (Å²) in [5.41, 5.74) is 4.22. The molecule has 1 aliphatic rings. The number of hydrogen-bond acceptors (Lipinski definition) is 6. The number of nitrogens with one attached hydrogen (secondary N) is 2. The van der Waals surface area contributed by atoms with Crippen molar-refractivity contribution in [3.05, 3.63) is 64.7 Å². The van der Waals surface area contributed by atoms with E-state index in [9.17, 15) is 22.8 Å². The zero-order valence-electron chi connectivity index (χ0n) is 18.8. The summed E-state index contributed by atoms with van der Waals surface area (Å²) in [7, 11) is -3.69. The first kappa shape index (κ1) is 24.4. The van der Waals surface area contributed by atoms with Crippen molar-refractivity contribution in [1.29, 1.82) is 0 Å². The summed E-state index contributed by atoms with van der Waals surface area (Å²) in [5.74, 6) is -1.84. The number of rotatable bonds is 6. The summed E-state index contributed by atoms with van der Waals surface area (Å²) in [5, 5.41) is 4.63. The lowest BCUT2D eigenvalue weighted by atomic mass is 9.96. The topological polar surface area (TPSA) is 122 Å². The second-order valence-electron chi connectivity index (χ2n) is 7.84. The molecule has 0 fully saturated rings. The summed E-state index contributed by atoms with van der Waals surface area (Å²) in [6.45, 7) is 4.68. The van der Waals surface area contributed by atoms with Crippen LogP contribution in [0.25, 0.3) is 0 Å². The van der Waals surface area contributed by atoms with Crippen molar-refractivity contribution >= 4 is 33.6 Å². The molecule has 3 amide bonds. The molecule has 0 unspecified atom stereocenters. The zero-order valence-corrected chi connectivity index (χ0v) is 19.6. The molecule has 0 bridgehead atoms. The Kier molecular flexibility index (Phi) is 7.50. The Morgan fingerprint density at radius 1 is 1.06 bits per heavy atom. The van der Waals surface area contributed by atoms with Crippen LogP contribution < -0.4 is 10.6 Å². The van der Waals surface area contributed by atoms with Crippen molar-refractivity contribution < 1.29 is 27.5 Å². The third-order valence-corrected chi connectivity index (χ3v) is 7.39. The number of carbonyl (C=O) groups excluding carboxylic acids is 3. The highest BCUT2D eigenvalue weighted by atomic mass is 32.2. The molecule has 2 aromatic rings. The van der Waals surface area contributed by atoms with Crippen molar-refractivity contribution in [1.82, 2.24) is 9.62 Å². The molecule has 33 heavy (non-hydrogen) atoms. The molecule has 0 aromatic heterocycles. The highest BCUT2D eigenvalue weighted by Crippen LogP contribution is 2.26. The lowest BCUT2D eigenvalue weighted by Crippen LogP contribution is -2.50. The van der Waals surface area contributed by atoms with Gasteiger partial charge in [0, 0.05) is 18.7 Å². The van der Waals surface area contributed by atoms with Gasteiger partial charge in [-0.15, -0.1) is 0 Å². The van der Waals surface area contributed by atoms with Gasteiger partial charge in [0.25, 0.3) is 5.91 Å². The summed E-state index contributed by atoms with van der Waals surface area (Å²) in [6, 6.07) is 10.7. The minimum absolute atomic E-state index is 0.0523. The van der Waals surface area contributed by atoms with Crippen LogP contribution >= 0.6 is 0 Å². The molecular formula is C23H27N3O6S. The van der Waals surface area contributed by atoms with E-state index < -0.39 is 40.6 Å². The number of sulfonamides is 1. The summed E-state index contributed by atoms with van der Waals surface area (Å²) >= 11 is 0. The third kappa shape index (κ3) is 5.96. The molecule has 0 aliphatic carbocycles. The van der Waals surface area contributed by atoms with Crippen molar-refractivity contribution in [2.75, 3.05) is 17.7 Å². The number of ether oxygens (including phenoxy) is 1. The number of aryl methyl sites for hydroxylation is 2. The van der Waals surface area contributed by atoms with E-state index in [1.165, 1.54) is 6.92 Å². The molecule has 0 spiro atoms. The number of hydrogen-bond donors (Lipinski definition) is 2. The van der Waals surface area contributed by atoms with Crippen molar-refractivity contribution in [2.45, 2.75) is 39.8 Å². The number of carbonyl (C=O) groups is 3. The van der Waals surface area contributed by atoms with Gasteiger partial charge in [0.05, 0.1) is 5.75 Å². The maximum Gasteiger partial charge on any atom is 0.325 e. The lowest BCUT2D eigenvalue weighted by Gasteiger charge is -2.34. The maximum absolute atomic E-state index is 12.7. The molecule has 9 nitrogen and oxygen atoms in total. The van der Waals surface area contributed by atoms with Gasteiger partial charge in [-0.2, -0.15) is 4.31 Å². The van der Waals surface area contributed by atoms with Gasteiger partial charge in [-0.25, -0.2) is 13.2 Å². The van der Waals surface area contributed by atoms with Crippen LogP contribution in [-0.2, 0) is 37.3 Å². The summed E-state index contributed by atoms with van der Waals surface area (Å²) in [6.07, 6.45) is 0.142. The second-order valence-corrected chi connectivity index (χ2v) is 10.1. The fourth-order valence-electron chi connectivity index (χ4n) is 3.54. The van der Waals surface area contributed by atoms with Gasteiger partial charge in [-0.1, -0.05) is 30.3 Å². The van der Waals surface area contributed by atoms with Gasteiger partial charge in [0.2, 0.25) is 10.0 Å². The molecule has 1 aliphatic heterocycles. The molecule has 3 rings (SSSR count). The van der Waals surface area contributed by atoms with E-state index in [-0.39, 0.29) is 18.7 Å². The average Bonchev–Trinajstić information content (AvgIpc) is 2.79. The number of esters is 1. The minimum Gasteiger partial charge on any atom is -0.454 e. The van der Waals surface area contributed by atoms with Crippen LogP contribution in [0.4, 0.5) is 10.5 Å². The van der Waals surface area contributed by atoms with E-state index >= 15 is 0 Å². The summed E-state index contributed by atoms with van der Waals surface area (Å²) < 4.78 is 31.3. The first-order chi connectivity index (χ1) is 15.6. The molecule has 1 heterocycles. The Bertz CT molecular complexity index is 1180. The molecule has 1 atom stereocenters. The number of urea groups is 1. The van der Waals surface area contributed by atoms with Gasteiger partial charge in [0.1, 0.15) is 6.04 Å². The van der Waals surface area contributed by atoms with Crippen LogP contribution in [0.15, 0.2) is 42.5 Å². The zero-order chi connectivity index (χ0) is 24.2. The quantitative estimate of drug-likeness (QED) is 0.621. The molecule has 2 aromatic carbocycles. The predicted molar refractivity (Wildman–Crippen MR) is 123 cm³/mol. The number of amides is 3. The Labute approximate surface area is 193 Å². The fraction of sp³-hybridized carbons (Fsp3) is 0.348. The van der Waals surface area contributed by atoms with Crippen LogP contribution in [0.5, 0.6) is 0 Å². The molecule has 176 valence electrons. The SMILES string of the molecule is CCS(=O)(=O)N1Cc2ccccc2C[C@H]1C(=O)OCC(=O)NC(=O)Nc1ccc(C)c(C)c1. The normalized spacial score (nSPS) is 15.9. The van der Waals surface area contributed by atoms with Crippen molar-refractivity contribution in [2.24, 2.45) is 0 Å². The first-order valence-electron chi connectivity index (χ1n) is 10.5. The number of fused-ring (bicyclic) bond motifs is 1. The molecule has 0 saturated heterocycles. The van der Waals surface area contributed by atoms with Crippen LogP contribution in [0, 0.1) is 13.8 Å². The summed E-state index contributed by atoms with van der Waals surface area (Å²) in [4.78, 5) is 36.9. The first-order valence-corrected chi connectivity index (χ1v) is 12.1. The lowest BCUT2D eigenvalue weighted by molar-refractivity contribution is -0.152. The van der Waals surface area contributed by atoms with Gasteiger partial charge in [-0.3, -0.25) is 14.9 Å². The van der Waals surface area contributed by atoms with E-state index in [0.717, 1.165) is 26.6 Å². The van der Waals surface area contributed by atoms with Crippen molar-refractivity contribution in [3.63, 3.8) is 0 Å². The van der Waals surface area contributed by atoms with Gasteiger partial charge in [0.15, 0.2) is 6.61 Å². The molecular weight excluding hydrogens is 446 g/mol. The number of anilines is 1. The van der Waals surface area contributed by atoms with Crippen LogP contribution in [-0.4, -0.2) is 49.0 Å². The monoisotopic (exact) mass is 473 g/mol. The van der Waals surface area contributed by atoms with Gasteiger partial charge >= 0.3 is 12.0 Å². The molecule has 0 radical (unpaired) electrons. The highest BCUT2D eigenvalue weighted by molar-refractivity contribution is 7.89. The van der Waals surface area contributed by atoms with E-state index in [1.54, 1.807) is 12.1 Å². The standard InChI is InChI=1S/C23H27N3O6S/c1-4-33(30,31)26-13-18-8-6-5-7-17(18)12-20(26)22(28)32-14-21(27)25-23(29)24-19-10-9-15(2)16(3)11-19/h5-11,20H,4,12-14H2,1-3H3,(H2,24,25,27,29)/t20-/m0/s1. The van der Waals surface area contributed by atoms with Crippen molar-refractivity contribution in [3.8, 4) is 0 Å². The Morgan fingerprint density at radius 3 is 2.42 bits per heavy atom. The number of nitrogens with zero attached hydrogens (tertiary/aromatic N) is 1. The molecule has 0 saturated carbocycles. The minimum atomic E-state index is -3.69. The molecule has 10 heteroatoms. The Hall–Kier alpha value is -3.24. The van der Waals surface area contributed by atoms with E-state index in [0.29, 0.717) is 5.69 Å². The Morgan fingerprint density at radius 2 is 1.76 bits per heavy atom. The Balaban J connectivity index is 1.60. The third-order valence-electron chi connectivity index (χ3n) is 5.56.